The SMILES string of the molecule is CN=C(NCCCN1C(=O)C2C3C=CC(C3)C2C1=O)NCC(C(C)C)N1CCCC1. The molecule has 166 valence electrons. The van der Waals surface area contributed by atoms with Gasteiger partial charge in [0.25, 0.3) is 0 Å². The lowest BCUT2D eigenvalue weighted by atomic mass is 9.85. The van der Waals surface area contributed by atoms with E-state index in [1.165, 1.54) is 30.8 Å². The average molecular weight is 416 g/mol. The molecule has 2 aliphatic heterocycles. The van der Waals surface area contributed by atoms with E-state index in [1.807, 2.05) is 0 Å². The number of rotatable bonds is 8. The Labute approximate surface area is 180 Å². The van der Waals surface area contributed by atoms with Gasteiger partial charge in [-0.25, -0.2) is 0 Å². The Bertz CT molecular complexity index is 682. The van der Waals surface area contributed by atoms with Crippen molar-refractivity contribution < 1.29 is 9.59 Å². The highest BCUT2D eigenvalue weighted by Gasteiger charge is 2.58. The van der Waals surface area contributed by atoms with Crippen molar-refractivity contribution in [2.75, 3.05) is 39.8 Å². The molecule has 4 rings (SSSR count). The number of hydrogen-bond donors (Lipinski definition) is 2. The summed E-state index contributed by atoms with van der Waals surface area (Å²) in [5.41, 5.74) is 0. The Hall–Kier alpha value is -1.89. The average Bonchev–Trinajstić information content (AvgIpc) is 3.50. The summed E-state index contributed by atoms with van der Waals surface area (Å²) in [5, 5.41) is 6.81. The van der Waals surface area contributed by atoms with Crippen molar-refractivity contribution in [3.63, 3.8) is 0 Å². The van der Waals surface area contributed by atoms with Gasteiger partial charge in [0.2, 0.25) is 11.8 Å². The number of nitrogens with zero attached hydrogens (tertiary/aromatic N) is 3. The Morgan fingerprint density at radius 2 is 1.73 bits per heavy atom. The van der Waals surface area contributed by atoms with Crippen molar-refractivity contribution in [1.29, 1.82) is 0 Å². The second-order valence-electron chi connectivity index (χ2n) is 9.62. The van der Waals surface area contributed by atoms with Crippen molar-refractivity contribution in [2.24, 2.45) is 34.6 Å². The Morgan fingerprint density at radius 1 is 1.10 bits per heavy atom. The molecule has 2 heterocycles. The number of carbonyl (C=O) groups excluding carboxylic acids is 2. The second kappa shape index (κ2) is 9.08. The van der Waals surface area contributed by atoms with Crippen LogP contribution in [0.15, 0.2) is 17.1 Å². The first-order valence-corrected chi connectivity index (χ1v) is 11.7. The standard InChI is InChI=1S/C23H37N5O2/c1-15(2)18(27-10-4-5-11-27)14-26-23(24-3)25-9-6-12-28-21(29)19-16-7-8-17(13-16)20(19)22(28)30/h7-8,15-20H,4-6,9-14H2,1-3H3,(H2,24,25,26). The predicted molar refractivity (Wildman–Crippen MR) is 118 cm³/mol. The zero-order chi connectivity index (χ0) is 21.3. The molecule has 2 N–H and O–H groups in total. The molecule has 0 spiro atoms. The summed E-state index contributed by atoms with van der Waals surface area (Å²) in [4.78, 5) is 33.9. The number of likely N-dealkylation sites (tertiary alicyclic amines) is 2. The number of guanidine groups is 1. The Morgan fingerprint density at radius 3 is 2.30 bits per heavy atom. The number of allylic oxidation sites excluding steroid dienone is 2. The molecule has 3 fully saturated rings. The third-order valence-corrected chi connectivity index (χ3v) is 7.49. The maximum atomic E-state index is 12.7. The molecular formula is C23H37N5O2. The van der Waals surface area contributed by atoms with Gasteiger partial charge in [-0.2, -0.15) is 0 Å². The molecular weight excluding hydrogens is 378 g/mol. The van der Waals surface area contributed by atoms with Gasteiger partial charge in [0.1, 0.15) is 0 Å². The smallest absolute Gasteiger partial charge is 0.233 e. The lowest BCUT2D eigenvalue weighted by Crippen LogP contribution is -2.48. The molecule has 7 heteroatoms. The van der Waals surface area contributed by atoms with Crippen LogP contribution in [0.25, 0.3) is 0 Å². The van der Waals surface area contributed by atoms with Crippen molar-refractivity contribution in [1.82, 2.24) is 20.4 Å². The Kier molecular flexibility index (Phi) is 6.46. The van der Waals surface area contributed by atoms with Crippen LogP contribution in [0.3, 0.4) is 0 Å². The molecule has 2 saturated heterocycles. The highest BCUT2D eigenvalue weighted by Crippen LogP contribution is 2.52. The summed E-state index contributed by atoms with van der Waals surface area (Å²) in [6, 6.07) is 0.509. The van der Waals surface area contributed by atoms with E-state index in [0.29, 0.717) is 25.0 Å². The highest BCUT2D eigenvalue weighted by atomic mass is 16.2. The van der Waals surface area contributed by atoms with Crippen molar-refractivity contribution in [2.45, 2.75) is 45.6 Å². The number of hydrogen-bond acceptors (Lipinski definition) is 4. The van der Waals surface area contributed by atoms with E-state index in [2.05, 4.69) is 46.5 Å². The Balaban J connectivity index is 1.20. The van der Waals surface area contributed by atoms with E-state index in [-0.39, 0.29) is 35.5 Å². The monoisotopic (exact) mass is 415 g/mol. The fourth-order valence-electron chi connectivity index (χ4n) is 5.91. The lowest BCUT2D eigenvalue weighted by molar-refractivity contribution is -0.140. The summed E-state index contributed by atoms with van der Waals surface area (Å²) in [5.74, 6) is 1.87. The highest BCUT2D eigenvalue weighted by molar-refractivity contribution is 6.06. The van der Waals surface area contributed by atoms with Crippen molar-refractivity contribution in [3.05, 3.63) is 12.2 Å². The van der Waals surface area contributed by atoms with Gasteiger partial charge in [0, 0.05) is 32.7 Å². The molecule has 5 atom stereocenters. The van der Waals surface area contributed by atoms with Crippen LogP contribution in [0.1, 0.15) is 39.5 Å². The van der Waals surface area contributed by atoms with E-state index in [4.69, 9.17) is 0 Å². The third-order valence-electron chi connectivity index (χ3n) is 7.49. The van der Waals surface area contributed by atoms with Crippen LogP contribution in [0.5, 0.6) is 0 Å². The van der Waals surface area contributed by atoms with Crippen LogP contribution in [0.4, 0.5) is 0 Å². The van der Waals surface area contributed by atoms with E-state index in [1.54, 1.807) is 7.05 Å². The molecule has 2 aliphatic carbocycles. The van der Waals surface area contributed by atoms with Gasteiger partial charge in [0.05, 0.1) is 11.8 Å². The van der Waals surface area contributed by atoms with Gasteiger partial charge in [-0.05, 0) is 56.5 Å². The molecule has 0 aromatic rings. The van der Waals surface area contributed by atoms with Crippen molar-refractivity contribution >= 4 is 17.8 Å². The summed E-state index contributed by atoms with van der Waals surface area (Å²) in [6.45, 7) is 8.99. The van der Waals surface area contributed by atoms with Gasteiger partial charge in [-0.3, -0.25) is 24.4 Å². The summed E-state index contributed by atoms with van der Waals surface area (Å²) in [7, 11) is 1.78. The van der Waals surface area contributed by atoms with Gasteiger partial charge < -0.3 is 10.6 Å². The summed E-state index contributed by atoms with van der Waals surface area (Å²) < 4.78 is 0. The van der Waals surface area contributed by atoms with E-state index < -0.39 is 0 Å². The van der Waals surface area contributed by atoms with Gasteiger partial charge in [0.15, 0.2) is 5.96 Å². The number of aliphatic imine (C=N–C) groups is 1. The quantitative estimate of drug-likeness (QED) is 0.206. The molecule has 30 heavy (non-hydrogen) atoms. The van der Waals surface area contributed by atoms with Crippen molar-refractivity contribution in [3.8, 4) is 0 Å². The molecule has 7 nitrogen and oxygen atoms in total. The van der Waals surface area contributed by atoms with Crippen LogP contribution >= 0.6 is 0 Å². The van der Waals surface area contributed by atoms with Crippen LogP contribution in [0.2, 0.25) is 0 Å². The molecule has 2 amide bonds. The number of nitrogens with one attached hydrogen (secondary N) is 2. The minimum atomic E-state index is -0.0894. The molecule has 4 aliphatic rings. The largest absolute Gasteiger partial charge is 0.356 e. The van der Waals surface area contributed by atoms with E-state index >= 15 is 0 Å². The fraction of sp³-hybridized carbons (Fsp3) is 0.783. The second-order valence-corrected chi connectivity index (χ2v) is 9.62. The zero-order valence-electron chi connectivity index (χ0n) is 18.6. The first-order chi connectivity index (χ1) is 14.5. The molecule has 0 aromatic heterocycles. The van der Waals surface area contributed by atoms with Crippen LogP contribution in [-0.2, 0) is 9.59 Å². The summed E-state index contributed by atoms with van der Waals surface area (Å²) >= 11 is 0. The van der Waals surface area contributed by atoms with Gasteiger partial charge in [-0.1, -0.05) is 26.0 Å². The minimum Gasteiger partial charge on any atom is -0.356 e. The third kappa shape index (κ3) is 4.01. The molecule has 1 saturated carbocycles. The number of fused-ring (bicyclic) bond motifs is 5. The molecule has 5 unspecified atom stereocenters. The van der Waals surface area contributed by atoms with E-state index in [0.717, 1.165) is 25.3 Å². The fourth-order valence-corrected chi connectivity index (χ4v) is 5.91. The van der Waals surface area contributed by atoms with E-state index in [9.17, 15) is 9.59 Å². The molecule has 0 aromatic carbocycles. The number of carbonyl (C=O) groups is 2. The maximum absolute atomic E-state index is 12.7. The van der Waals surface area contributed by atoms with Crippen LogP contribution < -0.4 is 10.6 Å². The van der Waals surface area contributed by atoms with Gasteiger partial charge >= 0.3 is 0 Å². The number of imide groups is 1. The minimum absolute atomic E-state index is 0.0507. The first kappa shape index (κ1) is 21.3. The van der Waals surface area contributed by atoms with Crippen LogP contribution in [0, 0.1) is 29.6 Å². The van der Waals surface area contributed by atoms with Crippen LogP contribution in [-0.4, -0.2) is 73.4 Å². The van der Waals surface area contributed by atoms with Gasteiger partial charge in [-0.15, -0.1) is 0 Å². The molecule has 2 bridgehead atoms. The lowest BCUT2D eigenvalue weighted by Gasteiger charge is -2.31. The summed E-state index contributed by atoms with van der Waals surface area (Å²) in [6.07, 6.45) is 8.60. The zero-order valence-corrected chi connectivity index (χ0v) is 18.6. The first-order valence-electron chi connectivity index (χ1n) is 11.7. The maximum Gasteiger partial charge on any atom is 0.233 e. The normalized spacial score (nSPS) is 31.9. The molecule has 0 radical (unpaired) electrons. The number of amides is 2. The predicted octanol–water partition coefficient (Wildman–Crippen LogP) is 1.47. The topological polar surface area (TPSA) is 77.0 Å².